The fraction of sp³-hybridized carbons (Fsp3) is 0.600. The van der Waals surface area contributed by atoms with Crippen LogP contribution in [0.3, 0.4) is 0 Å². The summed E-state index contributed by atoms with van der Waals surface area (Å²) < 4.78 is 22.0. The molecule has 0 spiro atoms. The number of fused-ring (bicyclic) bond motifs is 1. The lowest BCUT2D eigenvalue weighted by molar-refractivity contribution is 0.0955. The molecule has 0 atom stereocenters. The molecule has 6 nitrogen and oxygen atoms in total. The molecule has 2 rings (SSSR count). The fourth-order valence-corrected chi connectivity index (χ4v) is 4.11. The second-order valence-electron chi connectivity index (χ2n) is 9.18. The van der Waals surface area contributed by atoms with Crippen molar-refractivity contribution in [2.75, 3.05) is 13.2 Å². The van der Waals surface area contributed by atoms with Crippen LogP contribution >= 0.6 is 0 Å². The number of ether oxygens (including phenoxy) is 4. The summed E-state index contributed by atoms with van der Waals surface area (Å²) in [4.78, 5) is 24.9. The zero-order valence-corrected chi connectivity index (χ0v) is 22.7. The van der Waals surface area contributed by atoms with Crippen LogP contribution in [0.15, 0.2) is 24.3 Å². The normalized spacial score (nSPS) is 10.9. The lowest BCUT2D eigenvalue weighted by Crippen LogP contribution is -2.14. The third-order valence-corrected chi connectivity index (χ3v) is 6.29. The average molecular weight is 501 g/mol. The molecule has 0 aliphatic heterocycles. The van der Waals surface area contributed by atoms with Gasteiger partial charge in [-0.3, -0.25) is 0 Å². The second kappa shape index (κ2) is 16.8. The maximum atomic E-state index is 12.5. The first kappa shape index (κ1) is 29.5. The molecule has 0 saturated carbocycles. The van der Waals surface area contributed by atoms with E-state index in [1.807, 2.05) is 25.1 Å². The van der Waals surface area contributed by atoms with Gasteiger partial charge in [0.2, 0.25) is 0 Å². The third-order valence-electron chi connectivity index (χ3n) is 6.29. The average Bonchev–Trinajstić information content (AvgIpc) is 2.89. The van der Waals surface area contributed by atoms with Crippen molar-refractivity contribution in [1.82, 2.24) is 0 Å². The molecule has 0 aliphatic rings. The molecule has 0 aromatic heterocycles. The van der Waals surface area contributed by atoms with Crippen molar-refractivity contribution in [1.29, 1.82) is 0 Å². The Hall–Kier alpha value is -2.76. The van der Waals surface area contributed by atoms with Crippen molar-refractivity contribution in [2.45, 2.75) is 105 Å². The van der Waals surface area contributed by atoms with E-state index in [9.17, 15) is 9.59 Å². The van der Waals surface area contributed by atoms with Gasteiger partial charge < -0.3 is 18.9 Å². The van der Waals surface area contributed by atoms with Crippen molar-refractivity contribution in [3.63, 3.8) is 0 Å². The fourth-order valence-electron chi connectivity index (χ4n) is 4.11. The van der Waals surface area contributed by atoms with E-state index in [1.165, 1.54) is 25.7 Å². The van der Waals surface area contributed by atoms with Crippen LogP contribution in [0.1, 0.15) is 103 Å². The Morgan fingerprint density at radius 2 is 1.22 bits per heavy atom. The number of aryl methyl sites for hydroxylation is 2. The van der Waals surface area contributed by atoms with Gasteiger partial charge in [-0.15, -0.1) is 0 Å². The summed E-state index contributed by atoms with van der Waals surface area (Å²) in [6.45, 7) is 9.05. The Morgan fingerprint density at radius 1 is 0.639 bits per heavy atom. The molecule has 6 heteroatoms. The van der Waals surface area contributed by atoms with Crippen LogP contribution < -0.4 is 9.47 Å². The quantitative estimate of drug-likeness (QED) is 0.130. The maximum Gasteiger partial charge on any atom is 0.513 e. The predicted octanol–water partition coefficient (Wildman–Crippen LogP) is 8.94. The van der Waals surface area contributed by atoms with Crippen molar-refractivity contribution < 1.29 is 28.5 Å². The number of rotatable bonds is 16. The van der Waals surface area contributed by atoms with Crippen molar-refractivity contribution in [2.24, 2.45) is 0 Å². The number of hydrogen-bond acceptors (Lipinski definition) is 6. The van der Waals surface area contributed by atoms with E-state index in [0.29, 0.717) is 36.5 Å². The van der Waals surface area contributed by atoms with Crippen LogP contribution in [-0.2, 0) is 22.3 Å². The van der Waals surface area contributed by atoms with Gasteiger partial charge in [0.05, 0.1) is 13.2 Å². The lowest BCUT2D eigenvalue weighted by Gasteiger charge is -2.16. The van der Waals surface area contributed by atoms with Crippen molar-refractivity contribution in [3.05, 3.63) is 35.4 Å². The van der Waals surface area contributed by atoms with Crippen molar-refractivity contribution in [3.8, 4) is 11.5 Å². The number of unbranched alkanes of at least 4 members (excludes halogenated alkanes) is 8. The highest BCUT2D eigenvalue weighted by atomic mass is 16.7. The highest BCUT2D eigenvalue weighted by Gasteiger charge is 2.20. The van der Waals surface area contributed by atoms with Gasteiger partial charge >= 0.3 is 12.3 Å². The molecule has 0 unspecified atom stereocenters. The predicted molar refractivity (Wildman–Crippen MR) is 144 cm³/mol. The van der Waals surface area contributed by atoms with E-state index in [2.05, 4.69) is 20.8 Å². The van der Waals surface area contributed by atoms with Crippen LogP contribution in [-0.4, -0.2) is 25.5 Å². The summed E-state index contributed by atoms with van der Waals surface area (Å²) >= 11 is 0. The van der Waals surface area contributed by atoms with Gasteiger partial charge in [-0.05, 0) is 48.9 Å². The molecule has 0 radical (unpaired) electrons. The van der Waals surface area contributed by atoms with Gasteiger partial charge in [-0.2, -0.15) is 0 Å². The Kier molecular flexibility index (Phi) is 13.8. The van der Waals surface area contributed by atoms with E-state index in [1.54, 1.807) is 6.07 Å². The SMILES string of the molecule is CCCCCCCOC(=O)Oc1cc(CC)c(OC(=O)OCCCCCCC)c2cc(CC)ccc12. The van der Waals surface area contributed by atoms with Gasteiger partial charge in [0.1, 0.15) is 11.5 Å². The zero-order valence-electron chi connectivity index (χ0n) is 22.7. The van der Waals surface area contributed by atoms with Gasteiger partial charge in [0.15, 0.2) is 0 Å². The number of hydrogen-bond donors (Lipinski definition) is 0. The monoisotopic (exact) mass is 500 g/mol. The van der Waals surface area contributed by atoms with Crippen LogP contribution in [0.2, 0.25) is 0 Å². The molecule has 200 valence electrons. The van der Waals surface area contributed by atoms with Crippen LogP contribution in [0.4, 0.5) is 9.59 Å². The topological polar surface area (TPSA) is 71.1 Å². The van der Waals surface area contributed by atoms with Crippen LogP contribution in [0.25, 0.3) is 10.8 Å². The van der Waals surface area contributed by atoms with E-state index in [4.69, 9.17) is 18.9 Å². The molecule has 36 heavy (non-hydrogen) atoms. The Labute approximate surface area is 216 Å². The molecule has 0 aliphatic carbocycles. The summed E-state index contributed by atoms with van der Waals surface area (Å²) in [5.74, 6) is 0.854. The van der Waals surface area contributed by atoms with Gasteiger partial charge in [-0.25, -0.2) is 9.59 Å². The van der Waals surface area contributed by atoms with E-state index >= 15 is 0 Å². The molecule has 0 fully saturated rings. The number of benzene rings is 2. The molecular weight excluding hydrogens is 456 g/mol. The molecule has 2 aromatic carbocycles. The number of carbonyl (C=O) groups excluding carboxylic acids is 2. The summed E-state index contributed by atoms with van der Waals surface area (Å²) in [5.41, 5.74) is 1.85. The standard InChI is InChI=1S/C30H44O6/c1-5-9-11-13-15-19-33-29(31)35-27-22-24(8-4)28(26-21-23(7-3)17-18-25(26)27)36-30(32)34-20-16-14-12-10-6-2/h17-18,21-22H,5-16,19-20H2,1-4H3. The first-order valence-corrected chi connectivity index (χ1v) is 13.8. The minimum absolute atomic E-state index is 0.340. The molecule has 0 amide bonds. The summed E-state index contributed by atoms with van der Waals surface area (Å²) in [6, 6.07) is 7.61. The first-order chi connectivity index (χ1) is 17.5. The Bertz CT molecular complexity index is 952. The smallest absolute Gasteiger partial charge is 0.434 e. The third kappa shape index (κ3) is 9.71. The molecule has 0 N–H and O–H groups in total. The summed E-state index contributed by atoms with van der Waals surface area (Å²) in [6.07, 6.45) is 10.7. The molecule has 0 heterocycles. The molecular formula is C30H44O6. The van der Waals surface area contributed by atoms with E-state index < -0.39 is 12.3 Å². The van der Waals surface area contributed by atoms with Gasteiger partial charge in [-0.1, -0.05) is 91.2 Å². The maximum absolute atomic E-state index is 12.5. The molecule has 0 bridgehead atoms. The minimum atomic E-state index is -0.718. The van der Waals surface area contributed by atoms with E-state index in [0.717, 1.165) is 61.5 Å². The lowest BCUT2D eigenvalue weighted by atomic mass is 9.99. The van der Waals surface area contributed by atoms with E-state index in [-0.39, 0.29) is 0 Å². The summed E-state index contributed by atoms with van der Waals surface area (Å²) in [5, 5.41) is 1.41. The highest BCUT2D eigenvalue weighted by molar-refractivity contribution is 5.97. The first-order valence-electron chi connectivity index (χ1n) is 13.8. The van der Waals surface area contributed by atoms with Gasteiger partial charge in [0.25, 0.3) is 0 Å². The Balaban J connectivity index is 2.14. The van der Waals surface area contributed by atoms with Crippen LogP contribution in [0, 0.1) is 0 Å². The molecule has 0 saturated heterocycles. The second-order valence-corrected chi connectivity index (χ2v) is 9.18. The minimum Gasteiger partial charge on any atom is -0.434 e. The summed E-state index contributed by atoms with van der Waals surface area (Å²) in [7, 11) is 0. The Morgan fingerprint density at radius 3 is 1.78 bits per heavy atom. The molecule has 2 aromatic rings. The van der Waals surface area contributed by atoms with Crippen molar-refractivity contribution >= 4 is 23.1 Å². The highest BCUT2D eigenvalue weighted by Crippen LogP contribution is 2.38. The largest absolute Gasteiger partial charge is 0.513 e. The zero-order chi connectivity index (χ0) is 26.2. The number of carbonyl (C=O) groups is 2. The van der Waals surface area contributed by atoms with Crippen LogP contribution in [0.5, 0.6) is 11.5 Å². The van der Waals surface area contributed by atoms with Gasteiger partial charge in [0, 0.05) is 10.8 Å².